The summed E-state index contributed by atoms with van der Waals surface area (Å²) in [5.74, 6) is -0.393. The van der Waals surface area contributed by atoms with Crippen molar-refractivity contribution >= 4 is 27.5 Å². The van der Waals surface area contributed by atoms with Gasteiger partial charge in [0.25, 0.3) is 5.91 Å². The first-order valence-electron chi connectivity index (χ1n) is 6.80. The smallest absolute Gasteiger partial charge is 0.251 e. The van der Waals surface area contributed by atoms with Gasteiger partial charge in [0.15, 0.2) is 0 Å². The molecule has 23 heavy (non-hydrogen) atoms. The van der Waals surface area contributed by atoms with E-state index in [2.05, 4.69) is 15.0 Å². The topological polar surface area (TPSA) is 88.2 Å². The van der Waals surface area contributed by atoms with E-state index in [1.54, 1.807) is 31.3 Å². The largest absolute Gasteiger partial charge is 0.355 e. The average Bonchev–Trinajstić information content (AvgIpc) is 2.54. The summed E-state index contributed by atoms with van der Waals surface area (Å²) in [7, 11) is -2.44. The Hall–Kier alpha value is -1.96. The lowest BCUT2D eigenvalue weighted by Gasteiger charge is -2.15. The molecule has 0 spiro atoms. The Morgan fingerprint density at radius 2 is 2.00 bits per heavy atom. The fraction of sp³-hybridized carbons (Fsp3) is 0.200. The highest BCUT2D eigenvalue weighted by molar-refractivity contribution is 7.89. The van der Waals surface area contributed by atoms with Crippen LogP contribution in [0.1, 0.15) is 29.0 Å². The highest BCUT2D eigenvalue weighted by atomic mass is 35.5. The fourth-order valence-electron chi connectivity index (χ4n) is 1.98. The Morgan fingerprint density at radius 3 is 2.61 bits per heavy atom. The Morgan fingerprint density at radius 1 is 1.26 bits per heavy atom. The molecule has 1 aromatic heterocycles. The molecule has 1 unspecified atom stereocenters. The first kappa shape index (κ1) is 17.4. The molecule has 1 aromatic carbocycles. The van der Waals surface area contributed by atoms with Crippen molar-refractivity contribution in [1.82, 2.24) is 15.0 Å². The van der Waals surface area contributed by atoms with Gasteiger partial charge < -0.3 is 5.32 Å². The number of sulfonamides is 1. The van der Waals surface area contributed by atoms with Gasteiger partial charge >= 0.3 is 0 Å². The molecule has 0 aliphatic heterocycles. The molecular weight excluding hydrogens is 338 g/mol. The maximum atomic E-state index is 12.5. The van der Waals surface area contributed by atoms with E-state index in [0.29, 0.717) is 5.69 Å². The van der Waals surface area contributed by atoms with Gasteiger partial charge in [-0.3, -0.25) is 9.78 Å². The predicted octanol–water partition coefficient (Wildman–Crippen LogP) is 2.13. The van der Waals surface area contributed by atoms with Gasteiger partial charge in [0.05, 0.1) is 16.8 Å². The monoisotopic (exact) mass is 353 g/mol. The highest BCUT2D eigenvalue weighted by Crippen LogP contribution is 2.24. The quantitative estimate of drug-likeness (QED) is 0.861. The van der Waals surface area contributed by atoms with E-state index in [4.69, 9.17) is 11.6 Å². The summed E-state index contributed by atoms with van der Waals surface area (Å²) in [6, 6.07) is 8.78. The second kappa shape index (κ2) is 7.08. The predicted molar refractivity (Wildman–Crippen MR) is 87.8 cm³/mol. The third kappa shape index (κ3) is 4.07. The molecule has 2 N–H and O–H groups in total. The van der Waals surface area contributed by atoms with Crippen LogP contribution in [0.15, 0.2) is 47.5 Å². The van der Waals surface area contributed by atoms with E-state index >= 15 is 0 Å². The number of aromatic nitrogens is 1. The number of carbonyl (C=O) groups excluding carboxylic acids is 1. The minimum Gasteiger partial charge on any atom is -0.355 e. The number of nitrogens with zero attached hydrogens (tertiary/aromatic N) is 1. The van der Waals surface area contributed by atoms with Crippen LogP contribution in [0.2, 0.25) is 5.02 Å². The van der Waals surface area contributed by atoms with Crippen molar-refractivity contribution in [1.29, 1.82) is 0 Å². The van der Waals surface area contributed by atoms with Gasteiger partial charge in [-0.2, -0.15) is 0 Å². The summed E-state index contributed by atoms with van der Waals surface area (Å²) in [5.41, 5.74) is 0.789. The van der Waals surface area contributed by atoms with Gasteiger partial charge in [-0.1, -0.05) is 17.7 Å². The lowest BCUT2D eigenvalue weighted by molar-refractivity contribution is 0.0963. The van der Waals surface area contributed by atoms with Crippen molar-refractivity contribution in [3.8, 4) is 0 Å². The zero-order valence-electron chi connectivity index (χ0n) is 12.6. The minimum atomic E-state index is -3.90. The zero-order chi connectivity index (χ0) is 17.0. The summed E-state index contributed by atoms with van der Waals surface area (Å²) in [6.07, 6.45) is 1.58. The SMILES string of the molecule is CNC(=O)c1ccc(Cl)c(S(=O)(=O)NC(C)c2ccccn2)c1. The molecule has 0 fully saturated rings. The van der Waals surface area contributed by atoms with Crippen LogP contribution < -0.4 is 10.0 Å². The highest BCUT2D eigenvalue weighted by Gasteiger charge is 2.23. The van der Waals surface area contributed by atoms with Crippen molar-refractivity contribution < 1.29 is 13.2 Å². The molecule has 122 valence electrons. The van der Waals surface area contributed by atoms with E-state index in [0.717, 1.165) is 0 Å². The maximum Gasteiger partial charge on any atom is 0.251 e. The van der Waals surface area contributed by atoms with Gasteiger partial charge in [-0.05, 0) is 37.3 Å². The summed E-state index contributed by atoms with van der Waals surface area (Å²) >= 11 is 5.99. The van der Waals surface area contributed by atoms with Crippen LogP contribution in [-0.2, 0) is 10.0 Å². The first-order chi connectivity index (χ1) is 10.8. The van der Waals surface area contributed by atoms with Crippen molar-refractivity contribution in [2.24, 2.45) is 0 Å². The second-order valence-electron chi connectivity index (χ2n) is 4.82. The van der Waals surface area contributed by atoms with Crippen LogP contribution in [0.4, 0.5) is 0 Å². The van der Waals surface area contributed by atoms with Crippen molar-refractivity contribution in [3.05, 3.63) is 58.9 Å². The number of carbonyl (C=O) groups is 1. The van der Waals surface area contributed by atoms with Gasteiger partial charge in [0, 0.05) is 18.8 Å². The zero-order valence-corrected chi connectivity index (χ0v) is 14.1. The van der Waals surface area contributed by atoms with Crippen LogP contribution in [-0.4, -0.2) is 26.4 Å². The van der Waals surface area contributed by atoms with E-state index in [1.165, 1.54) is 25.2 Å². The van der Waals surface area contributed by atoms with Crippen LogP contribution in [0.25, 0.3) is 0 Å². The number of nitrogens with one attached hydrogen (secondary N) is 2. The number of hydrogen-bond acceptors (Lipinski definition) is 4. The molecule has 0 radical (unpaired) electrons. The third-order valence-electron chi connectivity index (χ3n) is 3.17. The Kier molecular flexibility index (Phi) is 5.35. The average molecular weight is 354 g/mol. The van der Waals surface area contributed by atoms with E-state index < -0.39 is 22.0 Å². The number of benzene rings is 1. The number of pyridine rings is 1. The Labute approximate surface area is 139 Å². The molecule has 0 aliphatic rings. The van der Waals surface area contributed by atoms with Crippen LogP contribution in [0.5, 0.6) is 0 Å². The Balaban J connectivity index is 2.34. The molecular formula is C15H16ClN3O3S. The lowest BCUT2D eigenvalue weighted by Crippen LogP contribution is -2.28. The van der Waals surface area contributed by atoms with Gasteiger partial charge in [0.2, 0.25) is 10.0 Å². The number of amides is 1. The van der Waals surface area contributed by atoms with Crippen molar-refractivity contribution in [2.75, 3.05) is 7.05 Å². The molecule has 1 amide bonds. The maximum absolute atomic E-state index is 12.5. The van der Waals surface area contributed by atoms with Gasteiger partial charge in [-0.15, -0.1) is 0 Å². The molecule has 6 nitrogen and oxygen atoms in total. The molecule has 0 saturated carbocycles. The van der Waals surface area contributed by atoms with Crippen molar-refractivity contribution in [3.63, 3.8) is 0 Å². The number of hydrogen-bond donors (Lipinski definition) is 2. The standard InChI is InChI=1S/C15H16ClN3O3S/c1-10(13-5-3-4-8-18-13)19-23(21,22)14-9-11(15(20)17-2)6-7-12(14)16/h3-10,19H,1-2H3,(H,17,20). The summed E-state index contributed by atoms with van der Waals surface area (Å²) in [5, 5.41) is 2.48. The summed E-state index contributed by atoms with van der Waals surface area (Å²) in [4.78, 5) is 15.6. The fourth-order valence-corrected chi connectivity index (χ4v) is 3.73. The van der Waals surface area contributed by atoms with Crippen LogP contribution in [0.3, 0.4) is 0 Å². The van der Waals surface area contributed by atoms with E-state index in [9.17, 15) is 13.2 Å². The Bertz CT molecular complexity index is 810. The van der Waals surface area contributed by atoms with E-state index in [1.807, 2.05) is 0 Å². The molecule has 1 heterocycles. The number of halogens is 1. The summed E-state index contributed by atoms with van der Waals surface area (Å²) in [6.45, 7) is 1.68. The third-order valence-corrected chi connectivity index (χ3v) is 5.20. The normalized spacial score (nSPS) is 12.7. The molecule has 2 rings (SSSR count). The number of rotatable bonds is 5. The van der Waals surface area contributed by atoms with Gasteiger partial charge in [-0.25, -0.2) is 13.1 Å². The lowest BCUT2D eigenvalue weighted by atomic mass is 10.2. The molecule has 1 atom stereocenters. The van der Waals surface area contributed by atoms with Crippen LogP contribution >= 0.6 is 11.6 Å². The molecule has 0 aliphatic carbocycles. The second-order valence-corrected chi connectivity index (χ2v) is 6.91. The summed E-state index contributed by atoms with van der Waals surface area (Å²) < 4.78 is 27.6. The molecule has 8 heteroatoms. The molecule has 0 saturated heterocycles. The molecule has 0 bridgehead atoms. The van der Waals surface area contributed by atoms with Gasteiger partial charge in [0.1, 0.15) is 4.90 Å². The van der Waals surface area contributed by atoms with Crippen LogP contribution in [0, 0.1) is 0 Å². The first-order valence-corrected chi connectivity index (χ1v) is 8.66. The minimum absolute atomic E-state index is 0.0402. The van der Waals surface area contributed by atoms with E-state index in [-0.39, 0.29) is 15.5 Å². The van der Waals surface area contributed by atoms with Crippen molar-refractivity contribution in [2.45, 2.75) is 17.9 Å². The molecule has 2 aromatic rings.